The van der Waals surface area contributed by atoms with E-state index in [0.717, 1.165) is 25.7 Å². The van der Waals surface area contributed by atoms with Gasteiger partial charge in [-0.1, -0.05) is 0 Å². The Kier molecular flexibility index (Phi) is 3.53. The lowest BCUT2D eigenvalue weighted by Crippen LogP contribution is -2.24. The largest absolute Gasteiger partial charge is 0.381 e. The van der Waals surface area contributed by atoms with Crippen LogP contribution < -0.4 is 5.73 Å². The fourth-order valence-electron chi connectivity index (χ4n) is 1.86. The van der Waals surface area contributed by atoms with Gasteiger partial charge in [0.1, 0.15) is 0 Å². The van der Waals surface area contributed by atoms with E-state index in [0.29, 0.717) is 18.4 Å². The van der Waals surface area contributed by atoms with Crippen molar-refractivity contribution < 1.29 is 9.53 Å². The molecule has 0 bridgehead atoms. The molecule has 3 nitrogen and oxygen atoms in total. The van der Waals surface area contributed by atoms with E-state index in [9.17, 15) is 4.79 Å². The van der Waals surface area contributed by atoms with Crippen molar-refractivity contribution >= 4 is 5.91 Å². The molecule has 0 aliphatic heterocycles. The summed E-state index contributed by atoms with van der Waals surface area (Å²) in [6, 6.07) is 0. The molecule has 0 aromatic rings. The van der Waals surface area contributed by atoms with Gasteiger partial charge >= 0.3 is 0 Å². The van der Waals surface area contributed by atoms with Crippen molar-refractivity contribution in [2.45, 2.75) is 38.2 Å². The van der Waals surface area contributed by atoms with Crippen LogP contribution in [0.25, 0.3) is 0 Å². The lowest BCUT2D eigenvalue weighted by Gasteiger charge is -2.26. The number of hydrogen-bond acceptors (Lipinski definition) is 2. The monoisotopic (exact) mass is 171 g/mol. The molecule has 0 heterocycles. The second-order valence-electron chi connectivity index (χ2n) is 3.55. The number of carbonyl (C=O) groups is 1. The molecular formula is C9H17NO2. The first-order valence-electron chi connectivity index (χ1n) is 4.53. The first-order chi connectivity index (χ1) is 5.72. The molecule has 3 heteroatoms. The van der Waals surface area contributed by atoms with Crippen molar-refractivity contribution in [2.24, 2.45) is 11.7 Å². The molecule has 0 aromatic carbocycles. The van der Waals surface area contributed by atoms with Crippen LogP contribution in [-0.4, -0.2) is 19.1 Å². The number of ether oxygens (including phenoxy) is 1. The second kappa shape index (κ2) is 4.45. The summed E-state index contributed by atoms with van der Waals surface area (Å²) in [5, 5.41) is 0. The zero-order valence-electron chi connectivity index (χ0n) is 7.58. The molecule has 1 rings (SSSR count). The quantitative estimate of drug-likeness (QED) is 0.690. The summed E-state index contributed by atoms with van der Waals surface area (Å²) in [6.07, 6.45) is 5.29. The summed E-state index contributed by atoms with van der Waals surface area (Å²) < 4.78 is 5.23. The van der Waals surface area contributed by atoms with Crippen LogP contribution in [0.5, 0.6) is 0 Å². The van der Waals surface area contributed by atoms with Gasteiger partial charge in [0.05, 0.1) is 6.10 Å². The van der Waals surface area contributed by atoms with Gasteiger partial charge in [-0.15, -0.1) is 0 Å². The fourth-order valence-corrected chi connectivity index (χ4v) is 1.86. The number of amides is 1. The Morgan fingerprint density at radius 1 is 1.42 bits per heavy atom. The van der Waals surface area contributed by atoms with Crippen molar-refractivity contribution in [2.75, 3.05) is 7.11 Å². The molecular weight excluding hydrogens is 154 g/mol. The second-order valence-corrected chi connectivity index (χ2v) is 3.55. The van der Waals surface area contributed by atoms with Crippen LogP contribution in [0.4, 0.5) is 0 Å². The van der Waals surface area contributed by atoms with E-state index < -0.39 is 0 Å². The summed E-state index contributed by atoms with van der Waals surface area (Å²) >= 11 is 0. The molecule has 1 fully saturated rings. The highest BCUT2D eigenvalue weighted by Crippen LogP contribution is 2.27. The van der Waals surface area contributed by atoms with Gasteiger partial charge in [-0.05, 0) is 31.6 Å². The molecule has 0 unspecified atom stereocenters. The van der Waals surface area contributed by atoms with E-state index in [1.54, 1.807) is 7.11 Å². The Hall–Kier alpha value is -0.570. The van der Waals surface area contributed by atoms with Gasteiger partial charge in [0.25, 0.3) is 0 Å². The molecule has 0 atom stereocenters. The Morgan fingerprint density at radius 2 is 2.00 bits per heavy atom. The van der Waals surface area contributed by atoms with E-state index in [-0.39, 0.29) is 5.91 Å². The van der Waals surface area contributed by atoms with Crippen LogP contribution in [0.15, 0.2) is 0 Å². The zero-order valence-corrected chi connectivity index (χ0v) is 7.58. The van der Waals surface area contributed by atoms with E-state index in [4.69, 9.17) is 10.5 Å². The van der Waals surface area contributed by atoms with Crippen LogP contribution in [0.3, 0.4) is 0 Å². The number of carbonyl (C=O) groups excluding carboxylic acids is 1. The average molecular weight is 171 g/mol. The maximum Gasteiger partial charge on any atom is 0.217 e. The Labute approximate surface area is 73.3 Å². The topological polar surface area (TPSA) is 52.3 Å². The number of nitrogens with two attached hydrogens (primary N) is 1. The maximum absolute atomic E-state index is 10.6. The van der Waals surface area contributed by atoms with Gasteiger partial charge < -0.3 is 10.5 Å². The van der Waals surface area contributed by atoms with Crippen molar-refractivity contribution in [1.82, 2.24) is 0 Å². The standard InChI is InChI=1S/C9H17NO2/c1-12-8-4-2-7(3-5-8)6-9(10)11/h7-8H,2-6H2,1H3,(H2,10,11)/t7-,8-. The third-order valence-corrected chi connectivity index (χ3v) is 2.62. The first kappa shape index (κ1) is 9.52. The molecule has 70 valence electrons. The molecule has 1 aliphatic carbocycles. The van der Waals surface area contributed by atoms with Gasteiger partial charge in [0, 0.05) is 13.5 Å². The highest BCUT2D eigenvalue weighted by Gasteiger charge is 2.21. The van der Waals surface area contributed by atoms with Crippen molar-refractivity contribution in [3.8, 4) is 0 Å². The SMILES string of the molecule is CO[C@H]1CC[C@H](CC(N)=O)CC1. The van der Waals surface area contributed by atoms with E-state index in [1.165, 1.54) is 0 Å². The molecule has 1 amide bonds. The van der Waals surface area contributed by atoms with Crippen molar-refractivity contribution in [3.05, 3.63) is 0 Å². The Bertz CT molecular complexity index is 151. The summed E-state index contributed by atoms with van der Waals surface area (Å²) in [5.74, 6) is 0.338. The number of hydrogen-bond donors (Lipinski definition) is 1. The van der Waals surface area contributed by atoms with Crippen LogP contribution in [0.2, 0.25) is 0 Å². The molecule has 0 saturated heterocycles. The van der Waals surface area contributed by atoms with Crippen LogP contribution >= 0.6 is 0 Å². The minimum Gasteiger partial charge on any atom is -0.381 e. The Morgan fingerprint density at radius 3 is 2.42 bits per heavy atom. The molecule has 2 N–H and O–H groups in total. The molecule has 1 saturated carbocycles. The van der Waals surface area contributed by atoms with Crippen LogP contribution in [-0.2, 0) is 9.53 Å². The molecule has 0 spiro atoms. The number of rotatable bonds is 3. The van der Waals surface area contributed by atoms with E-state index in [2.05, 4.69) is 0 Å². The predicted octanol–water partition coefficient (Wildman–Crippen LogP) is 1.07. The third kappa shape index (κ3) is 2.81. The minimum absolute atomic E-state index is 0.170. The van der Waals surface area contributed by atoms with Gasteiger partial charge in [-0.2, -0.15) is 0 Å². The summed E-state index contributed by atoms with van der Waals surface area (Å²) in [7, 11) is 1.75. The molecule has 1 aliphatic rings. The first-order valence-corrected chi connectivity index (χ1v) is 4.53. The summed E-state index contributed by atoms with van der Waals surface area (Å²) in [5.41, 5.74) is 5.12. The number of primary amides is 1. The normalized spacial score (nSPS) is 30.1. The average Bonchev–Trinajstić information content (AvgIpc) is 2.05. The maximum atomic E-state index is 10.6. The third-order valence-electron chi connectivity index (χ3n) is 2.62. The van der Waals surface area contributed by atoms with Gasteiger partial charge in [0.2, 0.25) is 5.91 Å². The smallest absolute Gasteiger partial charge is 0.217 e. The van der Waals surface area contributed by atoms with Gasteiger partial charge in [-0.25, -0.2) is 0 Å². The van der Waals surface area contributed by atoms with Crippen molar-refractivity contribution in [3.63, 3.8) is 0 Å². The number of methoxy groups -OCH3 is 1. The molecule has 0 aromatic heterocycles. The Balaban J connectivity index is 2.21. The van der Waals surface area contributed by atoms with E-state index in [1.807, 2.05) is 0 Å². The predicted molar refractivity (Wildman–Crippen MR) is 46.6 cm³/mol. The zero-order chi connectivity index (χ0) is 8.97. The lowest BCUT2D eigenvalue weighted by molar-refractivity contribution is -0.119. The molecule has 12 heavy (non-hydrogen) atoms. The van der Waals surface area contributed by atoms with Crippen molar-refractivity contribution in [1.29, 1.82) is 0 Å². The highest BCUT2D eigenvalue weighted by atomic mass is 16.5. The van der Waals surface area contributed by atoms with E-state index >= 15 is 0 Å². The molecule has 0 radical (unpaired) electrons. The fraction of sp³-hybridized carbons (Fsp3) is 0.889. The minimum atomic E-state index is -0.170. The summed E-state index contributed by atoms with van der Waals surface area (Å²) in [6.45, 7) is 0. The van der Waals surface area contributed by atoms with Gasteiger partial charge in [0.15, 0.2) is 0 Å². The van der Waals surface area contributed by atoms with Crippen LogP contribution in [0.1, 0.15) is 32.1 Å². The van der Waals surface area contributed by atoms with Crippen LogP contribution in [0, 0.1) is 5.92 Å². The van der Waals surface area contributed by atoms with Gasteiger partial charge in [-0.3, -0.25) is 4.79 Å². The summed E-state index contributed by atoms with van der Waals surface area (Å²) in [4.78, 5) is 10.6. The lowest BCUT2D eigenvalue weighted by atomic mass is 9.85. The highest BCUT2D eigenvalue weighted by molar-refractivity contribution is 5.73.